The van der Waals surface area contributed by atoms with Crippen LogP contribution in [-0.2, 0) is 6.54 Å². The number of hydrogen-bond acceptors (Lipinski definition) is 4. The molecule has 2 heterocycles. The third-order valence-electron chi connectivity index (χ3n) is 1.79. The molecule has 0 atom stereocenters. The molecule has 0 spiro atoms. The molecule has 12 heavy (non-hydrogen) atoms. The van der Waals surface area contributed by atoms with Crippen molar-refractivity contribution in [3.05, 3.63) is 23.7 Å². The normalized spacial score (nSPS) is 10.8. The van der Waals surface area contributed by atoms with E-state index in [9.17, 15) is 0 Å². The number of nitrogens with two attached hydrogens (primary N) is 1. The van der Waals surface area contributed by atoms with Crippen LogP contribution in [-0.4, -0.2) is 10.2 Å². The van der Waals surface area contributed by atoms with Gasteiger partial charge in [-0.2, -0.15) is 10.2 Å². The molecule has 0 aromatic carbocycles. The molecule has 0 saturated carbocycles. The van der Waals surface area contributed by atoms with Gasteiger partial charge in [0, 0.05) is 5.39 Å². The molecule has 2 rings (SSSR count). The second-order valence-electron chi connectivity index (χ2n) is 2.62. The minimum Gasteiger partial charge on any atom is -0.458 e. The lowest BCUT2D eigenvalue weighted by Crippen LogP contribution is -1.92. The number of aromatic nitrogens is 2. The zero-order chi connectivity index (χ0) is 8.55. The van der Waals surface area contributed by atoms with Gasteiger partial charge in [0.15, 0.2) is 5.58 Å². The highest BCUT2D eigenvalue weighted by Gasteiger charge is 2.04. The molecular formula is C8H9N3O. The Balaban J connectivity index is 2.74. The quantitative estimate of drug-likeness (QED) is 0.680. The Morgan fingerprint density at radius 3 is 3.08 bits per heavy atom. The average Bonchev–Trinajstić information content (AvgIpc) is 2.49. The predicted molar refractivity (Wildman–Crippen MR) is 44.4 cm³/mol. The maximum atomic E-state index is 5.43. The zero-order valence-electron chi connectivity index (χ0n) is 6.74. The van der Waals surface area contributed by atoms with E-state index in [0.717, 1.165) is 22.4 Å². The summed E-state index contributed by atoms with van der Waals surface area (Å²) in [4.78, 5) is 0. The Kier molecular flexibility index (Phi) is 1.55. The molecule has 0 amide bonds. The monoisotopic (exact) mass is 163 g/mol. The molecule has 2 N–H and O–H groups in total. The first-order valence-electron chi connectivity index (χ1n) is 3.72. The van der Waals surface area contributed by atoms with Gasteiger partial charge in [-0.15, -0.1) is 0 Å². The van der Waals surface area contributed by atoms with Crippen LogP contribution in [0.25, 0.3) is 11.0 Å². The van der Waals surface area contributed by atoms with Gasteiger partial charge in [0.25, 0.3) is 0 Å². The second-order valence-corrected chi connectivity index (χ2v) is 2.62. The van der Waals surface area contributed by atoms with Crippen molar-refractivity contribution in [1.82, 2.24) is 10.2 Å². The standard InChI is InChI=1S/C8H9N3O/c1-5-7-2-6(3-9)12-8(7)4-10-11-5/h2,4H,3,9H2,1H3. The van der Waals surface area contributed by atoms with Gasteiger partial charge in [-0.05, 0) is 13.0 Å². The second kappa shape index (κ2) is 2.57. The number of nitrogens with zero attached hydrogens (tertiary/aromatic N) is 2. The summed E-state index contributed by atoms with van der Waals surface area (Å²) in [6, 6.07) is 1.90. The number of hydrogen-bond donors (Lipinski definition) is 1. The van der Waals surface area contributed by atoms with Crippen LogP contribution in [0.4, 0.5) is 0 Å². The van der Waals surface area contributed by atoms with Crippen molar-refractivity contribution in [2.24, 2.45) is 5.73 Å². The fourth-order valence-electron chi connectivity index (χ4n) is 1.16. The van der Waals surface area contributed by atoms with Crippen LogP contribution in [0, 0.1) is 6.92 Å². The lowest BCUT2D eigenvalue weighted by molar-refractivity contribution is 0.550. The predicted octanol–water partition coefficient (Wildman–Crippen LogP) is 0.990. The number of aryl methyl sites for hydroxylation is 1. The molecule has 0 bridgehead atoms. The molecule has 0 aliphatic heterocycles. The first kappa shape index (κ1) is 7.24. The van der Waals surface area contributed by atoms with E-state index in [1.165, 1.54) is 0 Å². The maximum absolute atomic E-state index is 5.43. The molecule has 0 saturated heterocycles. The fourth-order valence-corrected chi connectivity index (χ4v) is 1.16. The topological polar surface area (TPSA) is 64.9 Å². The minimum absolute atomic E-state index is 0.411. The molecule has 62 valence electrons. The van der Waals surface area contributed by atoms with E-state index in [1.807, 2.05) is 13.0 Å². The van der Waals surface area contributed by atoms with Crippen molar-refractivity contribution in [2.45, 2.75) is 13.5 Å². The molecule has 0 fully saturated rings. The summed E-state index contributed by atoms with van der Waals surface area (Å²) in [5, 5.41) is 8.67. The van der Waals surface area contributed by atoms with Gasteiger partial charge >= 0.3 is 0 Å². The lowest BCUT2D eigenvalue weighted by atomic mass is 10.3. The van der Waals surface area contributed by atoms with Crippen LogP contribution in [0.2, 0.25) is 0 Å². The van der Waals surface area contributed by atoms with Crippen LogP contribution in [0.3, 0.4) is 0 Å². The van der Waals surface area contributed by atoms with E-state index in [4.69, 9.17) is 10.2 Å². The van der Waals surface area contributed by atoms with E-state index in [1.54, 1.807) is 6.20 Å². The smallest absolute Gasteiger partial charge is 0.156 e. The molecule has 2 aromatic heterocycles. The van der Waals surface area contributed by atoms with Crippen molar-refractivity contribution >= 4 is 11.0 Å². The summed E-state index contributed by atoms with van der Waals surface area (Å²) in [6.45, 7) is 2.30. The number of fused-ring (bicyclic) bond motifs is 1. The van der Waals surface area contributed by atoms with Crippen LogP contribution >= 0.6 is 0 Å². The third-order valence-corrected chi connectivity index (χ3v) is 1.79. The Bertz CT molecular complexity index is 408. The first-order chi connectivity index (χ1) is 5.81. The lowest BCUT2D eigenvalue weighted by Gasteiger charge is -1.88. The highest BCUT2D eigenvalue weighted by atomic mass is 16.3. The number of furan rings is 1. The van der Waals surface area contributed by atoms with Crippen molar-refractivity contribution < 1.29 is 4.42 Å². The van der Waals surface area contributed by atoms with E-state index in [2.05, 4.69) is 10.2 Å². The fraction of sp³-hybridized carbons (Fsp3) is 0.250. The highest BCUT2D eigenvalue weighted by molar-refractivity contribution is 5.78. The Morgan fingerprint density at radius 2 is 2.42 bits per heavy atom. The van der Waals surface area contributed by atoms with E-state index in [-0.39, 0.29) is 0 Å². The summed E-state index contributed by atoms with van der Waals surface area (Å²) >= 11 is 0. The molecule has 4 nitrogen and oxygen atoms in total. The van der Waals surface area contributed by atoms with Crippen LogP contribution in [0.1, 0.15) is 11.5 Å². The van der Waals surface area contributed by atoms with Gasteiger partial charge in [-0.3, -0.25) is 0 Å². The van der Waals surface area contributed by atoms with E-state index < -0.39 is 0 Å². The molecular weight excluding hydrogens is 154 g/mol. The van der Waals surface area contributed by atoms with E-state index >= 15 is 0 Å². The maximum Gasteiger partial charge on any atom is 0.156 e. The van der Waals surface area contributed by atoms with Crippen molar-refractivity contribution in [3.8, 4) is 0 Å². The minimum atomic E-state index is 0.411. The highest BCUT2D eigenvalue weighted by Crippen LogP contribution is 2.19. The summed E-state index contributed by atoms with van der Waals surface area (Å²) in [5.41, 5.74) is 7.05. The van der Waals surface area contributed by atoms with Gasteiger partial charge in [0.2, 0.25) is 0 Å². The third kappa shape index (κ3) is 0.967. The first-order valence-corrected chi connectivity index (χ1v) is 3.72. The van der Waals surface area contributed by atoms with Crippen LogP contribution in [0.5, 0.6) is 0 Å². The molecule has 0 aliphatic rings. The van der Waals surface area contributed by atoms with E-state index in [0.29, 0.717) is 6.54 Å². The van der Waals surface area contributed by atoms with Crippen molar-refractivity contribution in [3.63, 3.8) is 0 Å². The molecule has 0 aliphatic carbocycles. The van der Waals surface area contributed by atoms with Gasteiger partial charge in [0.05, 0.1) is 18.4 Å². The summed E-state index contributed by atoms with van der Waals surface area (Å²) < 4.78 is 5.37. The van der Waals surface area contributed by atoms with Gasteiger partial charge in [0.1, 0.15) is 5.76 Å². The van der Waals surface area contributed by atoms with Crippen LogP contribution in [0.15, 0.2) is 16.7 Å². The molecule has 2 aromatic rings. The van der Waals surface area contributed by atoms with Crippen molar-refractivity contribution in [2.75, 3.05) is 0 Å². The number of rotatable bonds is 1. The Labute approximate surface area is 69.4 Å². The molecule has 0 unspecified atom stereocenters. The summed E-state index contributed by atoms with van der Waals surface area (Å²) in [6.07, 6.45) is 1.60. The largest absolute Gasteiger partial charge is 0.458 e. The summed E-state index contributed by atoms with van der Waals surface area (Å²) in [5.74, 6) is 0.767. The average molecular weight is 163 g/mol. The van der Waals surface area contributed by atoms with Gasteiger partial charge in [-0.25, -0.2) is 0 Å². The van der Waals surface area contributed by atoms with Crippen LogP contribution < -0.4 is 5.73 Å². The van der Waals surface area contributed by atoms with Gasteiger partial charge < -0.3 is 10.2 Å². The van der Waals surface area contributed by atoms with Gasteiger partial charge in [-0.1, -0.05) is 0 Å². The SMILES string of the molecule is Cc1nncc2oc(CN)cc12. The molecule has 0 radical (unpaired) electrons. The Hall–Kier alpha value is -1.42. The zero-order valence-corrected chi connectivity index (χ0v) is 6.74. The summed E-state index contributed by atoms with van der Waals surface area (Å²) in [7, 11) is 0. The molecule has 4 heteroatoms. The Morgan fingerprint density at radius 1 is 1.58 bits per heavy atom. The van der Waals surface area contributed by atoms with Crippen molar-refractivity contribution in [1.29, 1.82) is 0 Å².